The largest absolute Gasteiger partial charge is 0.417 e. The van der Waals surface area contributed by atoms with Gasteiger partial charge in [0.15, 0.2) is 0 Å². The van der Waals surface area contributed by atoms with Crippen LogP contribution in [0.15, 0.2) is 66.4 Å². The van der Waals surface area contributed by atoms with Gasteiger partial charge in [-0.3, -0.25) is 0 Å². The summed E-state index contributed by atoms with van der Waals surface area (Å²) in [7, 11) is 0. The molecule has 5 aromatic rings. The Kier molecular flexibility index (Phi) is 5.47. The molecule has 0 bridgehead atoms. The number of benzene rings is 1. The summed E-state index contributed by atoms with van der Waals surface area (Å²) in [4.78, 5) is 16.5. The van der Waals surface area contributed by atoms with Crippen LogP contribution < -0.4 is 5.32 Å². The standard InChI is InChI=1S/C24H15F3N6S/c25-24(26,27)17-8-18-19(13-30-22(18)29-12-17)21-16(9-28)11-32-23(33-21)31-10-14-3-5-15(6-4-14)20-2-1-7-34-20/h1-8,11-13H,10H2,(H,29,30)(H,31,32,33). The molecule has 0 aliphatic rings. The van der Waals surface area contributed by atoms with Crippen molar-refractivity contribution in [3.05, 3.63) is 83.1 Å². The predicted molar refractivity (Wildman–Crippen MR) is 124 cm³/mol. The second-order valence-electron chi connectivity index (χ2n) is 7.42. The second-order valence-corrected chi connectivity index (χ2v) is 8.36. The maximum Gasteiger partial charge on any atom is 0.417 e. The summed E-state index contributed by atoms with van der Waals surface area (Å²) < 4.78 is 39.6. The van der Waals surface area contributed by atoms with E-state index in [1.807, 2.05) is 41.8 Å². The van der Waals surface area contributed by atoms with Crippen LogP contribution in [0.4, 0.5) is 19.1 Å². The van der Waals surface area contributed by atoms with Gasteiger partial charge in [-0.2, -0.15) is 18.4 Å². The topological polar surface area (TPSA) is 90.3 Å². The number of hydrogen-bond acceptors (Lipinski definition) is 6. The van der Waals surface area contributed by atoms with Crippen LogP contribution in [0.2, 0.25) is 0 Å². The third-order valence-corrected chi connectivity index (χ3v) is 6.15. The molecular formula is C24H15F3N6S. The van der Waals surface area contributed by atoms with Gasteiger partial charge in [-0.1, -0.05) is 30.3 Å². The SMILES string of the molecule is N#Cc1cnc(NCc2ccc(-c3cccs3)cc2)nc1-c1c[nH]c2ncc(C(F)(F)F)cc12. The van der Waals surface area contributed by atoms with Crippen molar-refractivity contribution in [3.63, 3.8) is 0 Å². The first-order valence-electron chi connectivity index (χ1n) is 10.1. The van der Waals surface area contributed by atoms with Crippen molar-refractivity contribution in [1.82, 2.24) is 19.9 Å². The highest BCUT2D eigenvalue weighted by Gasteiger charge is 2.31. The zero-order valence-corrected chi connectivity index (χ0v) is 18.2. The highest BCUT2D eigenvalue weighted by molar-refractivity contribution is 7.13. The Balaban J connectivity index is 1.43. The van der Waals surface area contributed by atoms with Gasteiger partial charge in [0.25, 0.3) is 0 Å². The minimum absolute atomic E-state index is 0.143. The van der Waals surface area contributed by atoms with Gasteiger partial charge in [0, 0.05) is 34.8 Å². The first-order chi connectivity index (χ1) is 16.4. The van der Waals surface area contributed by atoms with Crippen LogP contribution in [0.3, 0.4) is 0 Å². The van der Waals surface area contributed by atoms with Gasteiger partial charge < -0.3 is 10.3 Å². The number of thiophene rings is 1. The number of aromatic amines is 1. The van der Waals surface area contributed by atoms with E-state index >= 15 is 0 Å². The van der Waals surface area contributed by atoms with Crippen LogP contribution in [-0.4, -0.2) is 19.9 Å². The van der Waals surface area contributed by atoms with Crippen LogP contribution >= 0.6 is 11.3 Å². The van der Waals surface area contributed by atoms with Gasteiger partial charge in [-0.05, 0) is 28.6 Å². The summed E-state index contributed by atoms with van der Waals surface area (Å²) >= 11 is 1.67. The van der Waals surface area contributed by atoms with E-state index in [1.54, 1.807) is 11.3 Å². The minimum Gasteiger partial charge on any atom is -0.350 e. The molecule has 0 fully saturated rings. The molecule has 0 aliphatic heterocycles. The van der Waals surface area contributed by atoms with E-state index in [2.05, 4.69) is 31.3 Å². The fraction of sp³-hybridized carbons (Fsp3) is 0.0833. The molecule has 0 aliphatic carbocycles. The molecule has 0 saturated heterocycles. The zero-order chi connectivity index (χ0) is 23.7. The fourth-order valence-electron chi connectivity index (χ4n) is 3.52. The Morgan fingerprint density at radius 1 is 1.09 bits per heavy atom. The van der Waals surface area contributed by atoms with Crippen LogP contribution in [-0.2, 0) is 12.7 Å². The lowest BCUT2D eigenvalue weighted by Gasteiger charge is -2.09. The lowest BCUT2D eigenvalue weighted by molar-refractivity contribution is -0.137. The van der Waals surface area contributed by atoms with Crippen molar-refractivity contribution >= 4 is 28.3 Å². The van der Waals surface area contributed by atoms with E-state index in [0.717, 1.165) is 23.4 Å². The third-order valence-electron chi connectivity index (χ3n) is 5.23. The molecule has 1 aromatic carbocycles. The molecule has 0 amide bonds. The average molecular weight is 476 g/mol. The molecule has 4 heterocycles. The number of rotatable bonds is 5. The molecule has 4 aromatic heterocycles. The monoisotopic (exact) mass is 476 g/mol. The molecule has 5 rings (SSSR count). The van der Waals surface area contributed by atoms with E-state index in [0.29, 0.717) is 12.1 Å². The number of hydrogen-bond donors (Lipinski definition) is 2. The summed E-state index contributed by atoms with van der Waals surface area (Å²) in [6, 6.07) is 15.1. The number of pyridine rings is 1. The Hall–Kier alpha value is -4.23. The molecule has 10 heteroatoms. The van der Waals surface area contributed by atoms with Gasteiger partial charge in [-0.15, -0.1) is 11.3 Å². The van der Waals surface area contributed by atoms with Gasteiger partial charge in [0.1, 0.15) is 11.7 Å². The summed E-state index contributed by atoms with van der Waals surface area (Å²) in [6.07, 6.45) is -0.922. The molecule has 34 heavy (non-hydrogen) atoms. The van der Waals surface area contributed by atoms with Crippen molar-refractivity contribution in [3.8, 4) is 27.8 Å². The Labute approximate surface area is 195 Å². The number of nitrogens with one attached hydrogen (secondary N) is 2. The maximum absolute atomic E-state index is 13.2. The number of nitrogens with zero attached hydrogens (tertiary/aromatic N) is 4. The summed E-state index contributed by atoms with van der Waals surface area (Å²) in [6.45, 7) is 0.434. The Bertz CT molecular complexity index is 1500. The number of H-pyrrole nitrogens is 1. The second kappa shape index (κ2) is 8.61. The molecule has 0 saturated carbocycles. The van der Waals surface area contributed by atoms with Crippen molar-refractivity contribution in [1.29, 1.82) is 5.26 Å². The molecule has 0 atom stereocenters. The van der Waals surface area contributed by atoms with Gasteiger partial charge in [-0.25, -0.2) is 15.0 Å². The lowest BCUT2D eigenvalue weighted by Crippen LogP contribution is -2.06. The minimum atomic E-state index is -4.54. The van der Waals surface area contributed by atoms with E-state index in [4.69, 9.17) is 0 Å². The molecule has 0 unspecified atom stereocenters. The third kappa shape index (κ3) is 4.21. The van der Waals surface area contributed by atoms with E-state index < -0.39 is 11.7 Å². The number of fused-ring (bicyclic) bond motifs is 1. The smallest absolute Gasteiger partial charge is 0.350 e. The molecule has 168 valence electrons. The summed E-state index contributed by atoms with van der Waals surface area (Å²) in [5.74, 6) is 0.255. The van der Waals surface area contributed by atoms with Gasteiger partial charge in [0.05, 0.1) is 23.0 Å². The quantitative estimate of drug-likeness (QED) is 0.313. The maximum atomic E-state index is 13.2. The van der Waals surface area contributed by atoms with Crippen LogP contribution in [0, 0.1) is 11.3 Å². The first-order valence-corrected chi connectivity index (χ1v) is 11.0. The number of alkyl halides is 3. The van der Waals surface area contributed by atoms with Crippen molar-refractivity contribution in [2.75, 3.05) is 5.32 Å². The predicted octanol–water partition coefficient (Wildman–Crippen LogP) is 6.25. The highest BCUT2D eigenvalue weighted by atomic mass is 32.1. The van der Waals surface area contributed by atoms with Crippen LogP contribution in [0.25, 0.3) is 32.7 Å². The van der Waals surface area contributed by atoms with Crippen molar-refractivity contribution in [2.45, 2.75) is 12.7 Å². The number of halogens is 3. The summed E-state index contributed by atoms with van der Waals surface area (Å²) in [5, 5.41) is 14.9. The zero-order valence-electron chi connectivity index (χ0n) is 17.4. The van der Waals surface area contributed by atoms with Gasteiger partial charge >= 0.3 is 6.18 Å². The fourth-order valence-corrected chi connectivity index (χ4v) is 4.25. The van der Waals surface area contributed by atoms with E-state index in [-0.39, 0.29) is 28.2 Å². The number of anilines is 1. The van der Waals surface area contributed by atoms with Crippen molar-refractivity contribution in [2.24, 2.45) is 0 Å². The highest BCUT2D eigenvalue weighted by Crippen LogP contribution is 2.34. The number of aromatic nitrogens is 4. The number of nitriles is 1. The molecule has 6 nitrogen and oxygen atoms in total. The summed E-state index contributed by atoms with van der Waals surface area (Å²) in [5.41, 5.74) is 2.23. The Morgan fingerprint density at radius 3 is 2.62 bits per heavy atom. The lowest BCUT2D eigenvalue weighted by atomic mass is 10.1. The normalized spacial score (nSPS) is 11.5. The van der Waals surface area contributed by atoms with Crippen molar-refractivity contribution < 1.29 is 13.2 Å². The van der Waals surface area contributed by atoms with Gasteiger partial charge in [0.2, 0.25) is 5.95 Å². The molecule has 2 N–H and O–H groups in total. The average Bonchev–Trinajstić information content (AvgIpc) is 3.52. The Morgan fingerprint density at radius 2 is 1.91 bits per heavy atom. The molecular weight excluding hydrogens is 461 g/mol. The first kappa shape index (κ1) is 21.6. The molecule has 0 radical (unpaired) electrons. The van der Waals surface area contributed by atoms with Crippen LogP contribution in [0.1, 0.15) is 16.7 Å². The van der Waals surface area contributed by atoms with Crippen LogP contribution in [0.5, 0.6) is 0 Å². The molecule has 0 spiro atoms. The van der Waals surface area contributed by atoms with E-state index in [9.17, 15) is 18.4 Å². The van der Waals surface area contributed by atoms with E-state index in [1.165, 1.54) is 17.3 Å².